The topological polar surface area (TPSA) is 29.5 Å². The molecule has 3 heteroatoms. The number of methoxy groups -OCH3 is 1. The molecular formula is C23H27ClO2. The van der Waals surface area contributed by atoms with E-state index >= 15 is 0 Å². The summed E-state index contributed by atoms with van der Waals surface area (Å²) in [5.74, 6) is 5.10. The van der Waals surface area contributed by atoms with Crippen LogP contribution in [0, 0.1) is 29.6 Å². The summed E-state index contributed by atoms with van der Waals surface area (Å²) in [6.07, 6.45) is 13.8. The van der Waals surface area contributed by atoms with E-state index in [4.69, 9.17) is 22.8 Å². The molecule has 0 heterocycles. The van der Waals surface area contributed by atoms with Crippen LogP contribution in [0.2, 0.25) is 0 Å². The van der Waals surface area contributed by atoms with Crippen molar-refractivity contribution in [1.82, 2.24) is 0 Å². The zero-order chi connectivity index (χ0) is 18.5. The smallest absolute Gasteiger partial charge is 0.166 e. The van der Waals surface area contributed by atoms with Crippen molar-refractivity contribution < 1.29 is 9.84 Å². The summed E-state index contributed by atoms with van der Waals surface area (Å²) >= 11 is 6.46. The molecular weight excluding hydrogens is 344 g/mol. The summed E-state index contributed by atoms with van der Waals surface area (Å²) in [7, 11) is 1.72. The molecule has 1 fully saturated rings. The number of halogens is 1. The molecule has 1 aromatic carbocycles. The Bertz CT molecular complexity index is 792. The lowest BCUT2D eigenvalue weighted by Crippen LogP contribution is -2.58. The highest BCUT2D eigenvalue weighted by Gasteiger charge is 2.61. The van der Waals surface area contributed by atoms with Crippen molar-refractivity contribution in [3.05, 3.63) is 40.4 Å². The van der Waals surface area contributed by atoms with Crippen LogP contribution in [0.25, 0.3) is 0 Å². The zero-order valence-electron chi connectivity index (χ0n) is 15.6. The summed E-state index contributed by atoms with van der Waals surface area (Å²) in [6.45, 7) is 2.16. The number of terminal acetylenes is 1. The van der Waals surface area contributed by atoms with Gasteiger partial charge in [0.25, 0.3) is 0 Å². The fourth-order valence-corrected chi connectivity index (χ4v) is 6.61. The number of fused-ring (bicyclic) bond motifs is 5. The normalized spacial score (nSPS) is 38.3. The molecule has 0 aromatic heterocycles. The Kier molecular flexibility index (Phi) is 4.37. The summed E-state index contributed by atoms with van der Waals surface area (Å²) < 4.78 is 5.41. The van der Waals surface area contributed by atoms with E-state index in [-0.39, 0.29) is 5.41 Å². The van der Waals surface area contributed by atoms with Crippen molar-refractivity contribution in [3.8, 4) is 18.1 Å². The van der Waals surface area contributed by atoms with E-state index in [2.05, 4.69) is 31.0 Å². The van der Waals surface area contributed by atoms with Crippen molar-refractivity contribution in [2.45, 2.75) is 57.0 Å². The molecule has 0 amide bonds. The van der Waals surface area contributed by atoms with E-state index in [0.29, 0.717) is 22.8 Å². The molecule has 1 N–H and O–H groups in total. The third kappa shape index (κ3) is 2.23. The SMILES string of the molecule is C#C[C@]1(O)C(Cl)=CC[C@H]2[C@@H]3CCc4cc(OC)ccc4[C@H]3CC[C@@]21CC. The first-order valence-corrected chi connectivity index (χ1v) is 10.1. The molecule has 26 heavy (non-hydrogen) atoms. The van der Waals surface area contributed by atoms with Gasteiger partial charge in [-0.2, -0.15) is 0 Å². The van der Waals surface area contributed by atoms with E-state index in [1.54, 1.807) is 7.11 Å². The van der Waals surface area contributed by atoms with E-state index in [9.17, 15) is 5.11 Å². The van der Waals surface area contributed by atoms with Crippen LogP contribution in [0.1, 0.15) is 56.1 Å². The van der Waals surface area contributed by atoms with Crippen LogP contribution in [0.4, 0.5) is 0 Å². The Morgan fingerprint density at radius 1 is 1.38 bits per heavy atom. The standard InChI is InChI=1S/C23H27ClO2/c1-4-22-13-12-18-17-9-7-16(26-3)14-15(17)6-8-19(18)20(22)10-11-21(24)23(22,25)5-2/h2,7,9,11,14,18-20,25H,4,6,8,10,12-13H2,1,3H3/t18-,19-,20+,22+,23+/m1/s1. The molecule has 2 nitrogen and oxygen atoms in total. The van der Waals surface area contributed by atoms with Crippen molar-refractivity contribution in [3.63, 3.8) is 0 Å². The van der Waals surface area contributed by atoms with E-state index in [1.165, 1.54) is 11.1 Å². The number of ether oxygens (including phenoxy) is 1. The highest BCUT2D eigenvalue weighted by Crippen LogP contribution is 2.64. The molecule has 0 spiro atoms. The minimum atomic E-state index is -1.32. The number of aryl methyl sites for hydroxylation is 1. The van der Waals surface area contributed by atoms with Crippen LogP contribution in [0.5, 0.6) is 5.75 Å². The van der Waals surface area contributed by atoms with Gasteiger partial charge < -0.3 is 9.84 Å². The van der Waals surface area contributed by atoms with Crippen molar-refractivity contribution in [2.75, 3.05) is 7.11 Å². The lowest BCUT2D eigenvalue weighted by Gasteiger charge is -2.59. The van der Waals surface area contributed by atoms with Gasteiger partial charge in [0.15, 0.2) is 5.60 Å². The van der Waals surface area contributed by atoms with Crippen LogP contribution in [0.15, 0.2) is 29.3 Å². The van der Waals surface area contributed by atoms with Gasteiger partial charge in [0.1, 0.15) is 5.75 Å². The summed E-state index contributed by atoms with van der Waals surface area (Å²) in [5.41, 5.74) is 1.26. The second-order valence-electron chi connectivity index (χ2n) is 8.17. The number of aliphatic hydroxyl groups is 1. The number of hydrogen-bond donors (Lipinski definition) is 1. The van der Waals surface area contributed by atoms with Gasteiger partial charge in [-0.1, -0.05) is 36.6 Å². The molecule has 0 aliphatic heterocycles. The monoisotopic (exact) mass is 370 g/mol. The first kappa shape index (κ1) is 18.0. The van der Waals surface area contributed by atoms with Crippen LogP contribution in [-0.4, -0.2) is 17.8 Å². The molecule has 0 radical (unpaired) electrons. The third-order valence-corrected chi connectivity index (χ3v) is 8.03. The average molecular weight is 371 g/mol. The maximum atomic E-state index is 11.4. The van der Waals surface area contributed by atoms with Crippen LogP contribution < -0.4 is 4.74 Å². The van der Waals surface area contributed by atoms with Gasteiger partial charge >= 0.3 is 0 Å². The molecule has 3 aliphatic carbocycles. The van der Waals surface area contributed by atoms with E-state index in [1.807, 2.05) is 6.08 Å². The summed E-state index contributed by atoms with van der Waals surface area (Å²) in [6, 6.07) is 6.53. The quantitative estimate of drug-likeness (QED) is 0.739. The number of rotatable bonds is 2. The minimum Gasteiger partial charge on any atom is -0.497 e. The lowest BCUT2D eigenvalue weighted by molar-refractivity contribution is -0.107. The molecule has 5 atom stereocenters. The highest BCUT2D eigenvalue weighted by atomic mass is 35.5. The first-order valence-electron chi connectivity index (χ1n) is 9.74. The molecule has 0 bridgehead atoms. The maximum Gasteiger partial charge on any atom is 0.166 e. The Morgan fingerprint density at radius 3 is 2.88 bits per heavy atom. The van der Waals surface area contributed by atoms with E-state index in [0.717, 1.165) is 44.3 Å². The first-order chi connectivity index (χ1) is 12.5. The fourth-order valence-electron chi connectivity index (χ4n) is 6.27. The molecule has 1 aromatic rings. The Morgan fingerprint density at radius 2 is 2.19 bits per heavy atom. The van der Waals surface area contributed by atoms with Crippen molar-refractivity contribution in [2.24, 2.45) is 17.3 Å². The van der Waals surface area contributed by atoms with Crippen LogP contribution in [-0.2, 0) is 6.42 Å². The molecule has 3 aliphatic rings. The summed E-state index contributed by atoms with van der Waals surface area (Å²) in [4.78, 5) is 0. The van der Waals surface area contributed by atoms with Crippen molar-refractivity contribution >= 4 is 11.6 Å². The second kappa shape index (κ2) is 6.32. The second-order valence-corrected chi connectivity index (χ2v) is 8.58. The van der Waals surface area contributed by atoms with Gasteiger partial charge in [0.05, 0.1) is 12.1 Å². The largest absolute Gasteiger partial charge is 0.497 e. The molecule has 1 saturated carbocycles. The number of allylic oxidation sites excluding steroid dienone is 1. The summed E-state index contributed by atoms with van der Waals surface area (Å²) in [5, 5.41) is 11.9. The Balaban J connectivity index is 1.76. The van der Waals surface area contributed by atoms with Crippen LogP contribution >= 0.6 is 11.6 Å². The van der Waals surface area contributed by atoms with Gasteiger partial charge in [-0.05, 0) is 79.5 Å². The van der Waals surface area contributed by atoms with Gasteiger partial charge in [-0.3, -0.25) is 0 Å². The predicted octanol–water partition coefficient (Wildman–Crippen LogP) is 5.04. The number of benzene rings is 1. The maximum absolute atomic E-state index is 11.4. The number of hydrogen-bond acceptors (Lipinski definition) is 2. The minimum absolute atomic E-state index is 0.307. The van der Waals surface area contributed by atoms with E-state index < -0.39 is 5.60 Å². The molecule has 4 rings (SSSR count). The molecule has 0 unspecified atom stereocenters. The van der Waals surface area contributed by atoms with Gasteiger partial charge in [0, 0.05) is 5.41 Å². The third-order valence-electron chi connectivity index (χ3n) is 7.60. The Hall–Kier alpha value is -1.43. The van der Waals surface area contributed by atoms with Crippen LogP contribution in [0.3, 0.4) is 0 Å². The van der Waals surface area contributed by atoms with Gasteiger partial charge in [0.2, 0.25) is 0 Å². The van der Waals surface area contributed by atoms with Gasteiger partial charge in [-0.15, -0.1) is 6.42 Å². The average Bonchev–Trinajstić information content (AvgIpc) is 2.69. The predicted molar refractivity (Wildman–Crippen MR) is 105 cm³/mol. The van der Waals surface area contributed by atoms with Gasteiger partial charge in [-0.25, -0.2) is 0 Å². The van der Waals surface area contributed by atoms with Crippen molar-refractivity contribution in [1.29, 1.82) is 0 Å². The Labute approximate surface area is 161 Å². The molecule has 138 valence electrons. The molecule has 0 saturated heterocycles. The highest BCUT2D eigenvalue weighted by molar-refractivity contribution is 6.31. The lowest BCUT2D eigenvalue weighted by atomic mass is 9.46. The zero-order valence-corrected chi connectivity index (χ0v) is 16.4. The fraction of sp³-hybridized carbons (Fsp3) is 0.565.